The number of hydrogen-bond acceptors (Lipinski definition) is 4. The maximum absolute atomic E-state index is 11.9. The molecule has 1 amide bonds. The minimum absolute atomic E-state index is 0.151. The average molecular weight is 247 g/mol. The van der Waals surface area contributed by atoms with Crippen molar-refractivity contribution < 1.29 is 15.0 Å². The van der Waals surface area contributed by atoms with Gasteiger partial charge in [-0.1, -0.05) is 6.07 Å². The number of carbonyl (C=O) groups is 1. The molecule has 94 valence electrons. The summed E-state index contributed by atoms with van der Waals surface area (Å²) in [5.41, 5.74) is 0.353. The summed E-state index contributed by atoms with van der Waals surface area (Å²) in [4.78, 5) is 11.9. The Morgan fingerprint density at radius 2 is 2.06 bits per heavy atom. The average Bonchev–Trinajstić information content (AvgIpc) is 2.76. The van der Waals surface area contributed by atoms with Gasteiger partial charge in [0, 0.05) is 12.7 Å². The molecule has 6 nitrogen and oxygen atoms in total. The molecule has 1 aromatic carbocycles. The first-order valence-electron chi connectivity index (χ1n) is 5.46. The topological polar surface area (TPSA) is 87.4 Å². The fourth-order valence-corrected chi connectivity index (χ4v) is 1.56. The SMILES string of the molecule is CCn1cc(NC(=O)c2c(O)cccc2O)cn1. The molecule has 2 aromatic rings. The molecule has 0 saturated heterocycles. The van der Waals surface area contributed by atoms with E-state index < -0.39 is 5.91 Å². The van der Waals surface area contributed by atoms with Crippen LogP contribution in [0, 0.1) is 0 Å². The van der Waals surface area contributed by atoms with Gasteiger partial charge in [0.15, 0.2) is 0 Å². The molecule has 2 rings (SSSR count). The molecular weight excluding hydrogens is 234 g/mol. The Morgan fingerprint density at radius 3 is 2.61 bits per heavy atom. The van der Waals surface area contributed by atoms with Crippen LogP contribution in [0.5, 0.6) is 11.5 Å². The Bertz CT molecular complexity index is 557. The molecule has 0 aliphatic carbocycles. The van der Waals surface area contributed by atoms with E-state index in [1.807, 2.05) is 6.92 Å². The van der Waals surface area contributed by atoms with Gasteiger partial charge in [-0.15, -0.1) is 0 Å². The third-order valence-corrected chi connectivity index (χ3v) is 2.46. The molecule has 6 heteroatoms. The number of nitrogens with one attached hydrogen (secondary N) is 1. The highest BCUT2D eigenvalue weighted by Crippen LogP contribution is 2.26. The molecule has 0 atom stereocenters. The van der Waals surface area contributed by atoms with Crippen LogP contribution in [0.15, 0.2) is 30.6 Å². The molecule has 1 heterocycles. The summed E-state index contributed by atoms with van der Waals surface area (Å²) in [5.74, 6) is -1.12. The van der Waals surface area contributed by atoms with Gasteiger partial charge in [0.05, 0.1) is 11.9 Å². The number of aromatic hydroxyl groups is 2. The molecule has 0 aliphatic rings. The van der Waals surface area contributed by atoms with Crippen LogP contribution in [0.1, 0.15) is 17.3 Å². The van der Waals surface area contributed by atoms with Crippen LogP contribution < -0.4 is 5.32 Å². The predicted molar refractivity (Wildman–Crippen MR) is 65.6 cm³/mol. The number of hydrogen-bond donors (Lipinski definition) is 3. The van der Waals surface area contributed by atoms with Gasteiger partial charge in [-0.2, -0.15) is 5.10 Å². The van der Waals surface area contributed by atoms with Crippen molar-refractivity contribution in [1.29, 1.82) is 0 Å². The van der Waals surface area contributed by atoms with Gasteiger partial charge >= 0.3 is 0 Å². The highest BCUT2D eigenvalue weighted by molar-refractivity contribution is 6.07. The normalized spacial score (nSPS) is 10.3. The van der Waals surface area contributed by atoms with Crippen LogP contribution in [-0.4, -0.2) is 25.9 Å². The molecule has 0 spiro atoms. The number of nitrogens with zero attached hydrogens (tertiary/aromatic N) is 2. The second-order valence-corrected chi connectivity index (χ2v) is 3.71. The lowest BCUT2D eigenvalue weighted by molar-refractivity contribution is 0.102. The van der Waals surface area contributed by atoms with Gasteiger partial charge in [0.25, 0.3) is 5.91 Å². The van der Waals surface area contributed by atoms with Gasteiger partial charge in [-0.05, 0) is 19.1 Å². The smallest absolute Gasteiger partial charge is 0.263 e. The maximum atomic E-state index is 11.9. The number of phenols is 2. The first kappa shape index (κ1) is 12.0. The van der Waals surface area contributed by atoms with Crippen molar-refractivity contribution >= 4 is 11.6 Å². The Kier molecular flexibility index (Phi) is 3.18. The number of aromatic nitrogens is 2. The highest BCUT2D eigenvalue weighted by atomic mass is 16.3. The zero-order valence-electron chi connectivity index (χ0n) is 9.79. The minimum Gasteiger partial charge on any atom is -0.507 e. The first-order valence-corrected chi connectivity index (χ1v) is 5.46. The molecule has 0 unspecified atom stereocenters. The summed E-state index contributed by atoms with van der Waals surface area (Å²) in [6, 6.07) is 4.13. The van der Waals surface area contributed by atoms with E-state index in [1.54, 1.807) is 10.9 Å². The van der Waals surface area contributed by atoms with E-state index in [-0.39, 0.29) is 17.1 Å². The van der Waals surface area contributed by atoms with Crippen molar-refractivity contribution in [3.8, 4) is 11.5 Å². The monoisotopic (exact) mass is 247 g/mol. The summed E-state index contributed by atoms with van der Waals surface area (Å²) in [6.07, 6.45) is 3.16. The maximum Gasteiger partial charge on any atom is 0.263 e. The molecular formula is C12H13N3O3. The Balaban J connectivity index is 2.22. The second-order valence-electron chi connectivity index (χ2n) is 3.71. The number of rotatable bonds is 3. The summed E-state index contributed by atoms with van der Waals surface area (Å²) >= 11 is 0. The molecule has 0 aliphatic heterocycles. The molecule has 0 bridgehead atoms. The summed E-state index contributed by atoms with van der Waals surface area (Å²) in [7, 11) is 0. The fourth-order valence-electron chi connectivity index (χ4n) is 1.56. The van der Waals surface area contributed by atoms with Gasteiger partial charge < -0.3 is 15.5 Å². The highest BCUT2D eigenvalue weighted by Gasteiger charge is 2.16. The van der Waals surface area contributed by atoms with Crippen molar-refractivity contribution in [3.63, 3.8) is 0 Å². The zero-order chi connectivity index (χ0) is 13.1. The second kappa shape index (κ2) is 4.79. The van der Waals surface area contributed by atoms with Crippen LogP contribution in [-0.2, 0) is 6.54 Å². The van der Waals surface area contributed by atoms with Crippen molar-refractivity contribution in [2.24, 2.45) is 0 Å². The van der Waals surface area contributed by atoms with Crippen molar-refractivity contribution in [3.05, 3.63) is 36.2 Å². The molecule has 0 fully saturated rings. The van der Waals surface area contributed by atoms with Gasteiger partial charge in [0.1, 0.15) is 17.1 Å². The van der Waals surface area contributed by atoms with Crippen LogP contribution in [0.25, 0.3) is 0 Å². The summed E-state index contributed by atoms with van der Waals surface area (Å²) < 4.78 is 1.65. The summed E-state index contributed by atoms with van der Waals surface area (Å²) in [5, 5.41) is 25.7. The third-order valence-electron chi connectivity index (χ3n) is 2.46. The van der Waals surface area contributed by atoms with E-state index in [4.69, 9.17) is 0 Å². The number of phenolic OH excluding ortho intramolecular Hbond substituents is 2. The van der Waals surface area contributed by atoms with Gasteiger partial charge in [-0.25, -0.2) is 0 Å². The fraction of sp³-hybridized carbons (Fsp3) is 0.167. The number of aryl methyl sites for hydroxylation is 1. The third kappa shape index (κ3) is 2.27. The van der Waals surface area contributed by atoms with Gasteiger partial charge in [-0.3, -0.25) is 9.48 Å². The molecule has 3 N–H and O–H groups in total. The van der Waals surface area contributed by atoms with Crippen LogP contribution in [0.3, 0.4) is 0 Å². The molecule has 18 heavy (non-hydrogen) atoms. The van der Waals surface area contributed by atoms with Crippen LogP contribution in [0.4, 0.5) is 5.69 Å². The minimum atomic E-state index is -0.582. The number of anilines is 1. The predicted octanol–water partition coefficient (Wildman–Crippen LogP) is 1.57. The van der Waals surface area contributed by atoms with Gasteiger partial charge in [0.2, 0.25) is 0 Å². The van der Waals surface area contributed by atoms with Crippen LogP contribution in [0.2, 0.25) is 0 Å². The van der Waals surface area contributed by atoms with Crippen molar-refractivity contribution in [2.75, 3.05) is 5.32 Å². The summed E-state index contributed by atoms with van der Waals surface area (Å²) in [6.45, 7) is 2.62. The standard InChI is InChI=1S/C12H13N3O3/c1-2-15-7-8(6-13-15)14-12(18)11-9(16)4-3-5-10(11)17/h3-7,16-17H,2H2,1H3,(H,14,18). The lowest BCUT2D eigenvalue weighted by Gasteiger charge is -2.06. The largest absolute Gasteiger partial charge is 0.507 e. The van der Waals surface area contributed by atoms with E-state index in [9.17, 15) is 15.0 Å². The first-order chi connectivity index (χ1) is 8.61. The van der Waals surface area contributed by atoms with Crippen LogP contribution >= 0.6 is 0 Å². The van der Waals surface area contributed by atoms with E-state index in [0.717, 1.165) is 0 Å². The lowest BCUT2D eigenvalue weighted by atomic mass is 10.1. The quantitative estimate of drug-likeness (QED) is 0.768. The number of carbonyl (C=O) groups excluding carboxylic acids is 1. The number of benzene rings is 1. The van der Waals surface area contributed by atoms with Crippen molar-refractivity contribution in [2.45, 2.75) is 13.5 Å². The Labute approximate surface area is 103 Å². The van der Waals surface area contributed by atoms with Crippen molar-refractivity contribution in [1.82, 2.24) is 9.78 Å². The molecule has 0 saturated carbocycles. The zero-order valence-corrected chi connectivity index (χ0v) is 9.79. The van der Waals surface area contributed by atoms with E-state index in [0.29, 0.717) is 12.2 Å². The number of amides is 1. The van der Waals surface area contributed by atoms with E-state index in [2.05, 4.69) is 10.4 Å². The molecule has 1 aromatic heterocycles. The Hall–Kier alpha value is -2.50. The Morgan fingerprint density at radius 1 is 1.39 bits per heavy atom. The van der Waals surface area contributed by atoms with E-state index >= 15 is 0 Å². The molecule has 0 radical (unpaired) electrons. The van der Waals surface area contributed by atoms with E-state index in [1.165, 1.54) is 24.4 Å². The lowest BCUT2D eigenvalue weighted by Crippen LogP contribution is -2.11.